The van der Waals surface area contributed by atoms with Crippen LogP contribution in [-0.4, -0.2) is 29.1 Å². The molecule has 2 rings (SSSR count). The summed E-state index contributed by atoms with van der Waals surface area (Å²) in [6.45, 7) is 0.333. The number of carbonyl (C=O) groups excluding carboxylic acids is 1. The van der Waals surface area contributed by atoms with Crippen molar-refractivity contribution < 1.29 is 9.90 Å². The van der Waals surface area contributed by atoms with Gasteiger partial charge in [-0.2, -0.15) is 0 Å². The number of aliphatic hydroxyl groups is 1. The summed E-state index contributed by atoms with van der Waals surface area (Å²) in [6.07, 6.45) is 4.21. The van der Waals surface area contributed by atoms with Gasteiger partial charge in [0.25, 0.3) is 0 Å². The van der Waals surface area contributed by atoms with E-state index >= 15 is 0 Å². The quantitative estimate of drug-likeness (QED) is 0.725. The van der Waals surface area contributed by atoms with E-state index in [0.29, 0.717) is 13.0 Å². The van der Waals surface area contributed by atoms with E-state index in [1.54, 1.807) is 0 Å². The van der Waals surface area contributed by atoms with Gasteiger partial charge in [0.15, 0.2) is 0 Å². The van der Waals surface area contributed by atoms with Crippen LogP contribution in [0.15, 0.2) is 30.5 Å². The van der Waals surface area contributed by atoms with Gasteiger partial charge in [-0.1, -0.05) is 18.2 Å². The highest BCUT2D eigenvalue weighted by Gasteiger charge is 2.04. The molecule has 18 heavy (non-hydrogen) atoms. The molecule has 0 aliphatic rings. The fraction of sp³-hybridized carbons (Fsp3) is 0.357. The fourth-order valence-electron chi connectivity index (χ4n) is 2.06. The van der Waals surface area contributed by atoms with Gasteiger partial charge in [-0.3, -0.25) is 4.79 Å². The average molecular weight is 246 g/mol. The van der Waals surface area contributed by atoms with Crippen molar-refractivity contribution in [2.75, 3.05) is 13.2 Å². The number of fused-ring (bicyclic) bond motifs is 1. The second-order valence-electron chi connectivity index (χ2n) is 4.29. The van der Waals surface area contributed by atoms with Crippen LogP contribution in [-0.2, 0) is 11.2 Å². The second-order valence-corrected chi connectivity index (χ2v) is 4.29. The lowest BCUT2D eigenvalue weighted by molar-refractivity contribution is -0.121. The van der Waals surface area contributed by atoms with Crippen LogP contribution >= 0.6 is 0 Å². The van der Waals surface area contributed by atoms with Crippen molar-refractivity contribution in [2.45, 2.75) is 19.3 Å². The monoisotopic (exact) mass is 246 g/mol. The zero-order chi connectivity index (χ0) is 12.8. The van der Waals surface area contributed by atoms with Crippen molar-refractivity contribution in [3.05, 3.63) is 36.0 Å². The largest absolute Gasteiger partial charge is 0.395 e. The Labute approximate surface area is 106 Å². The predicted molar refractivity (Wildman–Crippen MR) is 71.3 cm³/mol. The molecule has 1 amide bonds. The van der Waals surface area contributed by atoms with Crippen molar-refractivity contribution in [3.8, 4) is 0 Å². The first-order valence-corrected chi connectivity index (χ1v) is 6.24. The van der Waals surface area contributed by atoms with E-state index in [-0.39, 0.29) is 12.5 Å². The fourth-order valence-corrected chi connectivity index (χ4v) is 2.06. The SMILES string of the molecule is O=C(CCCc1c[nH]c2ccccc12)NCCO. The molecule has 0 aliphatic carbocycles. The number of hydrogen-bond acceptors (Lipinski definition) is 2. The summed E-state index contributed by atoms with van der Waals surface area (Å²) in [6, 6.07) is 8.17. The van der Waals surface area contributed by atoms with E-state index in [9.17, 15) is 4.79 Å². The van der Waals surface area contributed by atoms with Crippen LogP contribution in [0.1, 0.15) is 18.4 Å². The number of rotatable bonds is 6. The van der Waals surface area contributed by atoms with Gasteiger partial charge in [0.05, 0.1) is 6.61 Å². The summed E-state index contributed by atoms with van der Waals surface area (Å²) >= 11 is 0. The lowest BCUT2D eigenvalue weighted by Crippen LogP contribution is -2.26. The molecule has 0 spiro atoms. The first-order valence-electron chi connectivity index (χ1n) is 6.24. The standard InChI is InChI=1S/C14H18N2O2/c17-9-8-15-14(18)7-3-4-11-10-16-13-6-2-1-5-12(11)13/h1-2,5-6,10,16-17H,3-4,7-9H2,(H,15,18). The van der Waals surface area contributed by atoms with E-state index in [4.69, 9.17) is 5.11 Å². The highest BCUT2D eigenvalue weighted by molar-refractivity contribution is 5.83. The topological polar surface area (TPSA) is 65.1 Å². The van der Waals surface area contributed by atoms with E-state index < -0.39 is 0 Å². The maximum Gasteiger partial charge on any atom is 0.220 e. The van der Waals surface area contributed by atoms with Crippen LogP contribution < -0.4 is 5.32 Å². The molecule has 1 aromatic carbocycles. The third-order valence-corrected chi connectivity index (χ3v) is 2.96. The van der Waals surface area contributed by atoms with Gasteiger partial charge in [0, 0.05) is 30.1 Å². The Morgan fingerprint density at radius 3 is 3.00 bits per heavy atom. The Hall–Kier alpha value is -1.81. The lowest BCUT2D eigenvalue weighted by atomic mass is 10.1. The summed E-state index contributed by atoms with van der Waals surface area (Å²) in [5, 5.41) is 12.5. The Morgan fingerprint density at radius 2 is 2.17 bits per heavy atom. The molecule has 1 heterocycles. The van der Waals surface area contributed by atoms with Gasteiger partial charge >= 0.3 is 0 Å². The van der Waals surface area contributed by atoms with Crippen LogP contribution in [0.25, 0.3) is 10.9 Å². The minimum Gasteiger partial charge on any atom is -0.395 e. The number of nitrogens with one attached hydrogen (secondary N) is 2. The van der Waals surface area contributed by atoms with Gasteiger partial charge in [0.1, 0.15) is 0 Å². The minimum atomic E-state index is -0.00577. The highest BCUT2D eigenvalue weighted by atomic mass is 16.3. The Kier molecular flexibility index (Phi) is 4.36. The van der Waals surface area contributed by atoms with Crippen molar-refractivity contribution in [1.29, 1.82) is 0 Å². The van der Waals surface area contributed by atoms with Crippen molar-refractivity contribution in [1.82, 2.24) is 10.3 Å². The number of carbonyl (C=O) groups is 1. The molecule has 1 aromatic heterocycles. The molecule has 4 heteroatoms. The molecule has 0 aliphatic heterocycles. The van der Waals surface area contributed by atoms with Gasteiger partial charge < -0.3 is 15.4 Å². The number of amides is 1. The van der Waals surface area contributed by atoms with Crippen LogP contribution in [0.4, 0.5) is 0 Å². The number of hydrogen-bond donors (Lipinski definition) is 3. The number of para-hydroxylation sites is 1. The van der Waals surface area contributed by atoms with Crippen LogP contribution in [0.3, 0.4) is 0 Å². The average Bonchev–Trinajstić information content (AvgIpc) is 2.80. The highest BCUT2D eigenvalue weighted by Crippen LogP contribution is 2.19. The van der Waals surface area contributed by atoms with E-state index in [1.807, 2.05) is 24.4 Å². The third kappa shape index (κ3) is 3.11. The number of H-pyrrole nitrogens is 1. The molecule has 96 valence electrons. The maximum absolute atomic E-state index is 11.4. The number of aromatic amines is 1. The molecule has 0 fully saturated rings. The van der Waals surface area contributed by atoms with E-state index in [0.717, 1.165) is 18.4 Å². The Morgan fingerprint density at radius 1 is 1.33 bits per heavy atom. The van der Waals surface area contributed by atoms with E-state index in [1.165, 1.54) is 10.9 Å². The molecule has 0 saturated carbocycles. The molecule has 0 unspecified atom stereocenters. The zero-order valence-corrected chi connectivity index (χ0v) is 10.3. The molecule has 4 nitrogen and oxygen atoms in total. The van der Waals surface area contributed by atoms with Gasteiger partial charge in [0.2, 0.25) is 5.91 Å². The molecule has 0 atom stereocenters. The van der Waals surface area contributed by atoms with Crippen LogP contribution in [0.2, 0.25) is 0 Å². The molecular weight excluding hydrogens is 228 g/mol. The number of aromatic nitrogens is 1. The van der Waals surface area contributed by atoms with Gasteiger partial charge in [-0.05, 0) is 24.5 Å². The van der Waals surface area contributed by atoms with Crippen LogP contribution in [0.5, 0.6) is 0 Å². The van der Waals surface area contributed by atoms with Gasteiger partial charge in [-0.25, -0.2) is 0 Å². The summed E-state index contributed by atoms with van der Waals surface area (Å²) in [5.74, 6) is 0.00360. The lowest BCUT2D eigenvalue weighted by Gasteiger charge is -2.02. The number of aliphatic hydroxyl groups excluding tert-OH is 1. The molecule has 0 bridgehead atoms. The molecule has 3 N–H and O–H groups in total. The Bertz CT molecular complexity index is 519. The molecule has 0 radical (unpaired) electrons. The third-order valence-electron chi connectivity index (χ3n) is 2.96. The summed E-state index contributed by atoms with van der Waals surface area (Å²) in [4.78, 5) is 14.6. The summed E-state index contributed by atoms with van der Waals surface area (Å²) < 4.78 is 0. The summed E-state index contributed by atoms with van der Waals surface area (Å²) in [7, 11) is 0. The summed E-state index contributed by atoms with van der Waals surface area (Å²) in [5.41, 5.74) is 2.39. The van der Waals surface area contributed by atoms with Crippen molar-refractivity contribution >= 4 is 16.8 Å². The molecule has 0 saturated heterocycles. The smallest absolute Gasteiger partial charge is 0.220 e. The number of aryl methyl sites for hydroxylation is 1. The Balaban J connectivity index is 1.85. The zero-order valence-electron chi connectivity index (χ0n) is 10.3. The second kappa shape index (κ2) is 6.21. The van der Waals surface area contributed by atoms with Crippen molar-refractivity contribution in [3.63, 3.8) is 0 Å². The van der Waals surface area contributed by atoms with Crippen molar-refractivity contribution in [2.24, 2.45) is 0 Å². The normalized spacial score (nSPS) is 10.7. The molecule has 2 aromatic rings. The van der Waals surface area contributed by atoms with Crippen LogP contribution in [0, 0.1) is 0 Å². The minimum absolute atomic E-state index is 0.00360. The number of benzene rings is 1. The van der Waals surface area contributed by atoms with E-state index in [2.05, 4.69) is 16.4 Å². The molecular formula is C14H18N2O2. The van der Waals surface area contributed by atoms with Gasteiger partial charge in [-0.15, -0.1) is 0 Å². The first kappa shape index (κ1) is 12.6. The maximum atomic E-state index is 11.4. The predicted octanol–water partition coefficient (Wildman–Crippen LogP) is 1.60. The first-order chi connectivity index (χ1) is 8.81.